The van der Waals surface area contributed by atoms with E-state index in [4.69, 9.17) is 19.2 Å². The molecule has 5 rings (SSSR count). The number of ketones is 3. The molecule has 1 aliphatic heterocycles. The number of fused-ring (bicyclic) bond motifs is 3. The predicted octanol–water partition coefficient (Wildman–Crippen LogP) is 4.39. The number of rotatable bonds is 11. The summed E-state index contributed by atoms with van der Waals surface area (Å²) < 4.78 is 17.8. The molecule has 6 atom stereocenters. The Morgan fingerprint density at radius 1 is 1.04 bits per heavy atom. The molecular weight excluding hydrogens is 632 g/mol. The number of benzene rings is 2. The van der Waals surface area contributed by atoms with Crippen molar-refractivity contribution in [1.82, 2.24) is 4.90 Å². The van der Waals surface area contributed by atoms with Crippen LogP contribution in [-0.2, 0) is 20.7 Å². The topological polar surface area (TPSA) is 175 Å². The number of hydrogen-bond donors (Lipinski definition) is 4. The maximum absolute atomic E-state index is 13.9. The first kappa shape index (κ1) is 36.4. The first-order chi connectivity index (χ1) is 23.3. The molecule has 2 aromatic rings. The van der Waals surface area contributed by atoms with Gasteiger partial charge in [-0.15, -0.1) is 0 Å². The fraction of sp³-hybridized carbons (Fsp3) is 0.568. The molecule has 2 aliphatic carbocycles. The summed E-state index contributed by atoms with van der Waals surface area (Å²) >= 11 is 0. The lowest BCUT2D eigenvalue weighted by Crippen LogP contribution is -2.49. The Labute approximate surface area is 286 Å². The third kappa shape index (κ3) is 6.71. The number of carbonyl (C=O) groups excluding carboxylic acids is 3. The average Bonchev–Trinajstić information content (AvgIpc) is 3.06. The first-order valence-corrected chi connectivity index (χ1v) is 17.2. The zero-order valence-corrected chi connectivity index (χ0v) is 29.1. The third-order valence-corrected chi connectivity index (χ3v) is 10.1. The molecule has 49 heavy (non-hydrogen) atoms. The standard InChI is InChI=1S/C37H48N2O10/c1-7-9-14-39(15-10-8-2)21(5)38-24-16-27(48-19(3)32(24)41)49-26-18-37(46,20(4)40)17-23-29(26)36(45)31-30(34(23)43)33(42)22-12-11-13-25(47-6)28(22)35(31)44/h11-13,19,24,26-27,32,41,43,45-46H,7-10,14-18H2,1-6H3/t19?,24-,26-,27?,32?,37?/m0/s1. The minimum Gasteiger partial charge on any atom is -0.507 e. The quantitative estimate of drug-likeness (QED) is 0.128. The second-order valence-corrected chi connectivity index (χ2v) is 13.4. The van der Waals surface area contributed by atoms with Crippen molar-refractivity contribution in [2.45, 2.75) is 116 Å². The lowest BCUT2D eigenvalue weighted by atomic mass is 9.72. The molecule has 4 unspecified atom stereocenters. The van der Waals surface area contributed by atoms with Crippen LogP contribution in [0.4, 0.5) is 0 Å². The predicted molar refractivity (Wildman–Crippen MR) is 181 cm³/mol. The van der Waals surface area contributed by atoms with E-state index < -0.39 is 82.6 Å². The summed E-state index contributed by atoms with van der Waals surface area (Å²) in [5, 5.41) is 46.0. The third-order valence-electron chi connectivity index (χ3n) is 10.1. The monoisotopic (exact) mass is 680 g/mol. The van der Waals surface area contributed by atoms with Gasteiger partial charge >= 0.3 is 0 Å². The summed E-state index contributed by atoms with van der Waals surface area (Å²) in [4.78, 5) is 47.6. The summed E-state index contributed by atoms with van der Waals surface area (Å²) in [5.74, 6) is -2.33. The summed E-state index contributed by atoms with van der Waals surface area (Å²) in [6, 6.07) is 3.88. The zero-order valence-electron chi connectivity index (χ0n) is 29.1. The van der Waals surface area contributed by atoms with Crippen LogP contribution >= 0.6 is 0 Å². The number of amidine groups is 1. The number of phenols is 2. The molecule has 12 nitrogen and oxygen atoms in total. The van der Waals surface area contributed by atoms with E-state index in [2.05, 4.69) is 18.7 Å². The molecule has 0 saturated carbocycles. The number of Topliss-reactive ketones (excluding diaryl/α,β-unsaturated/α-hetero) is 1. The van der Waals surface area contributed by atoms with E-state index in [1.165, 1.54) is 32.2 Å². The minimum atomic E-state index is -2.02. The van der Waals surface area contributed by atoms with Crippen molar-refractivity contribution in [3.8, 4) is 17.2 Å². The van der Waals surface area contributed by atoms with Crippen LogP contribution in [0, 0.1) is 0 Å². The number of aliphatic imine (C=N–C) groups is 1. The molecule has 1 fully saturated rings. The second kappa shape index (κ2) is 14.6. The van der Waals surface area contributed by atoms with Crippen molar-refractivity contribution >= 4 is 23.2 Å². The summed E-state index contributed by atoms with van der Waals surface area (Å²) in [6.45, 7) is 10.8. The van der Waals surface area contributed by atoms with Gasteiger partial charge in [0.05, 0.1) is 47.9 Å². The number of phenolic OH excluding ortho intramolecular Hbond substituents is 2. The van der Waals surface area contributed by atoms with Crippen molar-refractivity contribution in [2.24, 2.45) is 4.99 Å². The van der Waals surface area contributed by atoms with Gasteiger partial charge in [0.2, 0.25) is 5.78 Å². The summed E-state index contributed by atoms with van der Waals surface area (Å²) in [7, 11) is 1.36. The highest BCUT2D eigenvalue weighted by Gasteiger charge is 2.49. The number of aliphatic hydroxyl groups is 2. The lowest BCUT2D eigenvalue weighted by Gasteiger charge is -2.42. The molecule has 1 saturated heterocycles. The SMILES string of the molecule is CCCCN(CCCC)C(C)=N[C@H]1CC(O[C@H]2CC(O)(C(C)=O)Cc3c(O)c4c(c(O)c32)C(=O)c2c(OC)cccc2C4=O)OC(C)C1O. The van der Waals surface area contributed by atoms with Crippen molar-refractivity contribution in [1.29, 1.82) is 0 Å². The van der Waals surface area contributed by atoms with Gasteiger partial charge in [0, 0.05) is 49.0 Å². The minimum absolute atomic E-state index is 0.00932. The molecule has 0 spiro atoms. The highest BCUT2D eigenvalue weighted by atomic mass is 16.7. The van der Waals surface area contributed by atoms with Gasteiger partial charge in [-0.05, 0) is 39.7 Å². The zero-order chi connectivity index (χ0) is 35.8. The van der Waals surface area contributed by atoms with Gasteiger partial charge < -0.3 is 39.5 Å². The molecule has 3 aliphatic rings. The van der Waals surface area contributed by atoms with Crippen LogP contribution in [-0.4, -0.2) is 98.9 Å². The smallest absolute Gasteiger partial charge is 0.202 e. The maximum Gasteiger partial charge on any atom is 0.202 e. The van der Waals surface area contributed by atoms with Gasteiger partial charge in [-0.1, -0.05) is 38.8 Å². The Bertz CT molecular complexity index is 1650. The van der Waals surface area contributed by atoms with E-state index in [1.807, 2.05) is 6.92 Å². The number of nitrogens with zero attached hydrogens (tertiary/aromatic N) is 2. The number of hydrogen-bond acceptors (Lipinski definition) is 11. The van der Waals surface area contributed by atoms with E-state index in [1.54, 1.807) is 6.92 Å². The molecule has 12 heteroatoms. The van der Waals surface area contributed by atoms with Gasteiger partial charge in [-0.2, -0.15) is 0 Å². The van der Waals surface area contributed by atoms with E-state index in [9.17, 15) is 34.8 Å². The van der Waals surface area contributed by atoms with Crippen LogP contribution in [0.2, 0.25) is 0 Å². The van der Waals surface area contributed by atoms with Gasteiger partial charge in [0.25, 0.3) is 0 Å². The highest BCUT2D eigenvalue weighted by Crippen LogP contribution is 2.52. The number of carbonyl (C=O) groups is 3. The van der Waals surface area contributed by atoms with Crippen LogP contribution < -0.4 is 4.74 Å². The van der Waals surface area contributed by atoms with Gasteiger partial charge in [0.1, 0.15) is 29.0 Å². The summed E-state index contributed by atoms with van der Waals surface area (Å²) in [6.07, 6.45) is -0.474. The first-order valence-electron chi connectivity index (χ1n) is 17.2. The molecule has 0 bridgehead atoms. The molecule has 2 aromatic carbocycles. The van der Waals surface area contributed by atoms with E-state index in [-0.39, 0.29) is 40.8 Å². The van der Waals surface area contributed by atoms with Gasteiger partial charge in [-0.25, -0.2) is 0 Å². The molecule has 266 valence electrons. The van der Waals surface area contributed by atoms with Crippen LogP contribution in [0.5, 0.6) is 17.2 Å². The molecule has 0 amide bonds. The normalized spacial score (nSPS) is 26.5. The fourth-order valence-corrected chi connectivity index (χ4v) is 7.18. The van der Waals surface area contributed by atoms with Crippen molar-refractivity contribution in [2.75, 3.05) is 20.2 Å². The number of ether oxygens (including phenoxy) is 3. The highest BCUT2D eigenvalue weighted by molar-refractivity contribution is 6.31. The van der Waals surface area contributed by atoms with Crippen LogP contribution in [0.3, 0.4) is 0 Å². The maximum atomic E-state index is 13.9. The number of aromatic hydroxyl groups is 2. The van der Waals surface area contributed by atoms with Crippen molar-refractivity contribution in [3.63, 3.8) is 0 Å². The number of aliphatic hydroxyl groups excluding tert-OH is 1. The van der Waals surface area contributed by atoms with Crippen LogP contribution in [0.15, 0.2) is 23.2 Å². The average molecular weight is 681 g/mol. The molecule has 1 heterocycles. The molecular formula is C37H48N2O10. The number of methoxy groups -OCH3 is 1. The van der Waals surface area contributed by atoms with E-state index >= 15 is 0 Å². The molecule has 0 radical (unpaired) electrons. The largest absolute Gasteiger partial charge is 0.507 e. The Kier molecular flexibility index (Phi) is 10.8. The fourth-order valence-electron chi connectivity index (χ4n) is 7.18. The van der Waals surface area contributed by atoms with Crippen molar-refractivity contribution < 1.29 is 49.0 Å². The Balaban J connectivity index is 1.54. The Hall–Kier alpha value is -3.84. The van der Waals surface area contributed by atoms with Crippen LogP contribution in [0.25, 0.3) is 0 Å². The Morgan fingerprint density at radius 3 is 2.31 bits per heavy atom. The van der Waals surface area contributed by atoms with E-state index in [0.717, 1.165) is 44.6 Å². The number of unbranched alkanes of at least 4 members (excludes halogenated alkanes) is 2. The molecule has 4 N–H and O–H groups in total. The van der Waals surface area contributed by atoms with Gasteiger partial charge in [-0.3, -0.25) is 19.4 Å². The van der Waals surface area contributed by atoms with Crippen molar-refractivity contribution in [3.05, 3.63) is 51.6 Å². The van der Waals surface area contributed by atoms with Gasteiger partial charge in [0.15, 0.2) is 17.9 Å². The van der Waals surface area contributed by atoms with Crippen LogP contribution in [0.1, 0.15) is 122 Å². The summed E-state index contributed by atoms with van der Waals surface area (Å²) in [5.41, 5.74) is -3.01. The molecule has 0 aromatic heterocycles. The van der Waals surface area contributed by atoms with E-state index in [0.29, 0.717) is 0 Å². The second-order valence-electron chi connectivity index (χ2n) is 13.4. The Morgan fingerprint density at radius 2 is 1.69 bits per heavy atom. The lowest BCUT2D eigenvalue weighted by molar-refractivity contribution is -0.247.